The lowest BCUT2D eigenvalue weighted by Gasteiger charge is -2.11. The fourth-order valence-corrected chi connectivity index (χ4v) is 4.53. The number of hydrogen-bond donors (Lipinski definition) is 1. The van der Waals surface area contributed by atoms with Gasteiger partial charge in [-0.1, -0.05) is 41.4 Å². The molecule has 0 fully saturated rings. The number of amides is 1. The van der Waals surface area contributed by atoms with Crippen LogP contribution in [-0.2, 0) is 17.9 Å². The lowest BCUT2D eigenvalue weighted by molar-refractivity contribution is -0.116. The average Bonchev–Trinajstić information content (AvgIpc) is 3.15. The number of rotatable bonds is 6. The molecule has 1 amide bonds. The smallest absolute Gasteiger partial charge is 0.278 e. The van der Waals surface area contributed by atoms with Gasteiger partial charge in [-0.15, -0.1) is 0 Å². The molecule has 0 saturated heterocycles. The van der Waals surface area contributed by atoms with E-state index in [1.807, 2.05) is 43.3 Å². The van der Waals surface area contributed by atoms with Crippen LogP contribution in [0.25, 0.3) is 21.9 Å². The summed E-state index contributed by atoms with van der Waals surface area (Å²) < 4.78 is 3.21. The number of aromatic nitrogens is 3. The molecule has 7 nitrogen and oxygen atoms in total. The number of halogens is 1. The summed E-state index contributed by atoms with van der Waals surface area (Å²) in [7, 11) is 0. The number of benzene rings is 3. The Morgan fingerprint density at radius 3 is 2.50 bits per heavy atom. The van der Waals surface area contributed by atoms with Gasteiger partial charge in [-0.05, 0) is 61.9 Å². The van der Waals surface area contributed by atoms with Crippen LogP contribution in [0, 0.1) is 6.92 Å². The molecule has 0 saturated carbocycles. The first-order valence-corrected chi connectivity index (χ1v) is 11.8. The van der Waals surface area contributed by atoms with Crippen molar-refractivity contribution in [1.82, 2.24) is 14.1 Å². The Kier molecular flexibility index (Phi) is 6.16. The van der Waals surface area contributed by atoms with Crippen molar-refractivity contribution in [2.24, 2.45) is 0 Å². The summed E-state index contributed by atoms with van der Waals surface area (Å²) in [6.45, 7) is 3.64. The molecule has 36 heavy (non-hydrogen) atoms. The topological polar surface area (TPSA) is 86.0 Å². The van der Waals surface area contributed by atoms with E-state index >= 15 is 0 Å². The van der Waals surface area contributed by atoms with Crippen LogP contribution < -0.4 is 10.9 Å². The highest BCUT2D eigenvalue weighted by atomic mass is 35.5. The molecule has 5 aromatic rings. The average molecular weight is 499 g/mol. The van der Waals surface area contributed by atoms with Crippen molar-refractivity contribution in [2.45, 2.75) is 26.9 Å². The zero-order valence-corrected chi connectivity index (χ0v) is 20.5. The zero-order valence-electron chi connectivity index (χ0n) is 19.8. The van der Waals surface area contributed by atoms with Crippen molar-refractivity contribution in [2.75, 3.05) is 5.32 Å². The number of nitrogens with zero attached hydrogens (tertiary/aromatic N) is 3. The molecule has 0 spiro atoms. The van der Waals surface area contributed by atoms with Crippen molar-refractivity contribution in [3.05, 3.63) is 105 Å². The molecule has 0 atom stereocenters. The lowest BCUT2D eigenvalue weighted by Crippen LogP contribution is -2.25. The minimum atomic E-state index is -0.300. The minimum absolute atomic E-state index is 0.0472. The third-order valence-electron chi connectivity index (χ3n) is 6.16. The lowest BCUT2D eigenvalue weighted by atomic mass is 10.1. The van der Waals surface area contributed by atoms with Gasteiger partial charge in [-0.2, -0.15) is 0 Å². The molecule has 2 aromatic heterocycles. The number of fused-ring (bicyclic) bond motifs is 3. The number of ketones is 1. The molecule has 3 aromatic carbocycles. The second-order valence-electron chi connectivity index (χ2n) is 8.75. The molecule has 2 heterocycles. The fraction of sp³-hybridized carbons (Fsp3) is 0.143. The number of carbonyl (C=O) groups is 2. The van der Waals surface area contributed by atoms with Crippen molar-refractivity contribution in [3.8, 4) is 0 Å². The van der Waals surface area contributed by atoms with Crippen LogP contribution in [0.3, 0.4) is 0 Å². The van der Waals surface area contributed by atoms with Gasteiger partial charge in [0.1, 0.15) is 17.6 Å². The van der Waals surface area contributed by atoms with Crippen molar-refractivity contribution in [1.29, 1.82) is 0 Å². The molecular weight excluding hydrogens is 476 g/mol. The molecule has 8 heteroatoms. The minimum Gasteiger partial charge on any atom is -0.325 e. The Morgan fingerprint density at radius 2 is 1.78 bits per heavy atom. The Labute approximate surface area is 212 Å². The SMILES string of the molecule is CC(=O)c1ccc(NC(=O)Cn2c3ccc(C)cc3c3ncn(Cc4ccccc4Cl)c(=O)c32)cc1. The molecule has 0 aliphatic rings. The summed E-state index contributed by atoms with van der Waals surface area (Å²) in [5, 5.41) is 4.23. The van der Waals surface area contributed by atoms with Gasteiger partial charge in [0.15, 0.2) is 5.78 Å². The van der Waals surface area contributed by atoms with Gasteiger partial charge in [-0.3, -0.25) is 19.0 Å². The van der Waals surface area contributed by atoms with Crippen molar-refractivity contribution in [3.63, 3.8) is 0 Å². The number of anilines is 1. The Balaban J connectivity index is 1.56. The predicted molar refractivity (Wildman–Crippen MR) is 142 cm³/mol. The van der Waals surface area contributed by atoms with Crippen LogP contribution in [0.1, 0.15) is 28.4 Å². The monoisotopic (exact) mass is 498 g/mol. The van der Waals surface area contributed by atoms with Gasteiger partial charge in [0.05, 0.1) is 18.4 Å². The first-order chi connectivity index (χ1) is 17.3. The quantitative estimate of drug-likeness (QED) is 0.326. The molecule has 0 radical (unpaired) electrons. The second kappa shape index (κ2) is 9.43. The molecule has 0 unspecified atom stereocenters. The molecule has 1 N–H and O–H groups in total. The van der Waals surface area contributed by atoms with Crippen LogP contribution in [0.15, 0.2) is 77.9 Å². The number of nitrogens with one attached hydrogen (secondary N) is 1. The van der Waals surface area contributed by atoms with E-state index in [2.05, 4.69) is 10.3 Å². The summed E-state index contributed by atoms with van der Waals surface area (Å²) in [6, 6.07) is 19.9. The Hall–Kier alpha value is -4.23. The van der Waals surface area contributed by atoms with Gasteiger partial charge in [0.2, 0.25) is 5.91 Å². The Morgan fingerprint density at radius 1 is 1.03 bits per heavy atom. The maximum atomic E-state index is 13.7. The van der Waals surface area contributed by atoms with E-state index in [1.54, 1.807) is 34.9 Å². The van der Waals surface area contributed by atoms with E-state index in [-0.39, 0.29) is 30.3 Å². The summed E-state index contributed by atoms with van der Waals surface area (Å²) >= 11 is 6.32. The first-order valence-electron chi connectivity index (χ1n) is 11.4. The number of aryl methyl sites for hydroxylation is 1. The maximum Gasteiger partial charge on any atom is 0.278 e. The standard InChI is InChI=1S/C28H23ClN4O3/c1-17-7-12-24-22(13-17)26-27(28(36)32(16-30-26)14-20-5-3-4-6-23(20)29)33(24)15-25(35)31-21-10-8-19(9-11-21)18(2)34/h3-13,16H,14-15H2,1-2H3,(H,31,35). The van der Waals surface area contributed by atoms with Crippen LogP contribution in [0.5, 0.6) is 0 Å². The molecule has 0 aliphatic carbocycles. The summed E-state index contributed by atoms with van der Waals surface area (Å²) in [4.78, 5) is 42.8. The van der Waals surface area contributed by atoms with E-state index < -0.39 is 0 Å². The zero-order chi connectivity index (χ0) is 25.4. The van der Waals surface area contributed by atoms with Crippen LogP contribution in [-0.4, -0.2) is 25.8 Å². The number of carbonyl (C=O) groups excluding carboxylic acids is 2. The van der Waals surface area contributed by atoms with E-state index in [1.165, 1.54) is 17.8 Å². The second-order valence-corrected chi connectivity index (χ2v) is 9.16. The van der Waals surface area contributed by atoms with E-state index in [4.69, 9.17) is 11.6 Å². The van der Waals surface area contributed by atoms with Gasteiger partial charge in [-0.25, -0.2) is 4.98 Å². The molecule has 5 rings (SSSR count). The Bertz CT molecular complexity index is 1700. The highest BCUT2D eigenvalue weighted by Gasteiger charge is 2.19. The van der Waals surface area contributed by atoms with Crippen molar-refractivity contribution < 1.29 is 9.59 Å². The molecule has 180 valence electrons. The van der Waals surface area contributed by atoms with Gasteiger partial charge in [0, 0.05) is 21.7 Å². The largest absolute Gasteiger partial charge is 0.325 e. The predicted octanol–water partition coefficient (Wildman–Crippen LogP) is 5.20. The highest BCUT2D eigenvalue weighted by molar-refractivity contribution is 6.31. The van der Waals surface area contributed by atoms with Crippen LogP contribution in [0.2, 0.25) is 5.02 Å². The number of hydrogen-bond acceptors (Lipinski definition) is 4. The van der Waals surface area contributed by atoms with Gasteiger partial charge in [0.25, 0.3) is 5.56 Å². The molecular formula is C28H23ClN4O3. The summed E-state index contributed by atoms with van der Waals surface area (Å²) in [6.07, 6.45) is 1.52. The van der Waals surface area contributed by atoms with E-state index in [0.29, 0.717) is 27.3 Å². The highest BCUT2D eigenvalue weighted by Crippen LogP contribution is 2.27. The van der Waals surface area contributed by atoms with Gasteiger partial charge < -0.3 is 9.88 Å². The first kappa shape index (κ1) is 23.5. The molecule has 0 bridgehead atoms. The van der Waals surface area contributed by atoms with Crippen LogP contribution >= 0.6 is 11.6 Å². The van der Waals surface area contributed by atoms with Crippen molar-refractivity contribution >= 4 is 50.9 Å². The van der Waals surface area contributed by atoms with Crippen LogP contribution in [0.4, 0.5) is 5.69 Å². The molecule has 0 aliphatic heterocycles. The number of Topliss-reactive ketones (excluding diaryl/α,β-unsaturated/α-hetero) is 1. The summed E-state index contributed by atoms with van der Waals surface area (Å²) in [5.41, 5.74) is 4.35. The van der Waals surface area contributed by atoms with Gasteiger partial charge >= 0.3 is 0 Å². The third kappa shape index (κ3) is 4.41. The normalized spacial score (nSPS) is 11.2. The fourth-order valence-electron chi connectivity index (χ4n) is 4.33. The maximum absolute atomic E-state index is 13.7. The van der Waals surface area contributed by atoms with E-state index in [0.717, 1.165) is 22.0 Å². The summed E-state index contributed by atoms with van der Waals surface area (Å²) in [5.74, 6) is -0.347. The third-order valence-corrected chi connectivity index (χ3v) is 6.53. The van der Waals surface area contributed by atoms with E-state index in [9.17, 15) is 14.4 Å².